The van der Waals surface area contributed by atoms with Crippen LogP contribution in [0.2, 0.25) is 0 Å². The summed E-state index contributed by atoms with van der Waals surface area (Å²) in [6.45, 7) is 1.81. The number of hydrogen-bond acceptors (Lipinski definition) is 5. The highest BCUT2D eigenvalue weighted by molar-refractivity contribution is 8.00. The first kappa shape index (κ1) is 17.0. The van der Waals surface area contributed by atoms with Gasteiger partial charge in [0.05, 0.1) is 18.0 Å². The molecule has 0 aliphatic heterocycles. The zero-order valence-electron chi connectivity index (χ0n) is 13.9. The first-order valence-corrected chi connectivity index (χ1v) is 8.63. The van der Waals surface area contributed by atoms with Gasteiger partial charge < -0.3 is 10.1 Å². The highest BCUT2D eigenvalue weighted by Crippen LogP contribution is 2.26. The maximum absolute atomic E-state index is 12.4. The van der Waals surface area contributed by atoms with Crippen LogP contribution in [0, 0.1) is 0 Å². The normalized spacial score (nSPS) is 11.8. The van der Waals surface area contributed by atoms with E-state index >= 15 is 0 Å². The van der Waals surface area contributed by atoms with Crippen molar-refractivity contribution in [2.45, 2.75) is 17.3 Å². The molecular weight excluding hydrogens is 336 g/mol. The third kappa shape index (κ3) is 4.19. The number of carbonyl (C=O) groups excluding carboxylic acids is 1. The molecule has 1 aromatic heterocycles. The third-order valence-electron chi connectivity index (χ3n) is 3.53. The van der Waals surface area contributed by atoms with Gasteiger partial charge in [-0.05, 0) is 19.1 Å². The molecule has 0 spiro atoms. The zero-order valence-corrected chi connectivity index (χ0v) is 14.7. The molecule has 0 radical (unpaired) electrons. The Labute approximate surface area is 150 Å². The number of carbonyl (C=O) groups is 1. The van der Waals surface area contributed by atoms with E-state index in [2.05, 4.69) is 20.5 Å². The number of rotatable bonds is 6. The molecule has 1 atom stereocenters. The van der Waals surface area contributed by atoms with E-state index in [1.165, 1.54) is 11.8 Å². The fourth-order valence-electron chi connectivity index (χ4n) is 2.22. The quantitative estimate of drug-likeness (QED) is 0.661. The maximum Gasteiger partial charge on any atom is 0.237 e. The second-order valence-electron chi connectivity index (χ2n) is 5.28. The lowest BCUT2D eigenvalue weighted by Gasteiger charge is -2.12. The van der Waals surface area contributed by atoms with E-state index < -0.39 is 0 Å². The van der Waals surface area contributed by atoms with Crippen LogP contribution in [0.5, 0.6) is 5.75 Å². The van der Waals surface area contributed by atoms with Gasteiger partial charge >= 0.3 is 0 Å². The van der Waals surface area contributed by atoms with Crippen LogP contribution in [0.4, 0.5) is 5.69 Å². The molecule has 0 bridgehead atoms. The average molecular weight is 354 g/mol. The summed E-state index contributed by atoms with van der Waals surface area (Å²) < 4.78 is 5.25. The number of hydrogen-bond donors (Lipinski definition) is 2. The first-order chi connectivity index (χ1) is 12.2. The minimum Gasteiger partial charge on any atom is -0.495 e. The lowest BCUT2D eigenvalue weighted by molar-refractivity contribution is -0.115. The number of ether oxygens (including phenoxy) is 1. The largest absolute Gasteiger partial charge is 0.495 e. The summed E-state index contributed by atoms with van der Waals surface area (Å²) in [4.78, 5) is 16.8. The van der Waals surface area contributed by atoms with Crippen molar-refractivity contribution in [1.29, 1.82) is 0 Å². The molecule has 0 unspecified atom stereocenters. The number of nitrogens with one attached hydrogen (secondary N) is 2. The van der Waals surface area contributed by atoms with E-state index in [4.69, 9.17) is 4.74 Å². The van der Waals surface area contributed by atoms with E-state index in [0.717, 1.165) is 5.56 Å². The van der Waals surface area contributed by atoms with Gasteiger partial charge in [-0.15, -0.1) is 5.10 Å². The van der Waals surface area contributed by atoms with Crippen molar-refractivity contribution in [2.75, 3.05) is 12.4 Å². The summed E-state index contributed by atoms with van der Waals surface area (Å²) in [5.74, 6) is 1.17. The topological polar surface area (TPSA) is 79.9 Å². The van der Waals surface area contributed by atoms with E-state index in [9.17, 15) is 4.79 Å². The van der Waals surface area contributed by atoms with Crippen LogP contribution < -0.4 is 10.1 Å². The van der Waals surface area contributed by atoms with Crippen molar-refractivity contribution in [3.05, 3.63) is 54.6 Å². The molecule has 0 aliphatic carbocycles. The van der Waals surface area contributed by atoms with E-state index in [0.29, 0.717) is 22.4 Å². The molecular formula is C18H18N4O2S. The van der Waals surface area contributed by atoms with Crippen LogP contribution in [0.25, 0.3) is 11.4 Å². The Morgan fingerprint density at radius 3 is 2.64 bits per heavy atom. The van der Waals surface area contributed by atoms with Crippen LogP contribution in [0.3, 0.4) is 0 Å². The number of aromatic amines is 1. The molecule has 0 saturated carbocycles. The highest BCUT2D eigenvalue weighted by atomic mass is 32.2. The summed E-state index contributed by atoms with van der Waals surface area (Å²) >= 11 is 1.29. The second-order valence-corrected chi connectivity index (χ2v) is 6.59. The lowest BCUT2D eigenvalue weighted by Crippen LogP contribution is -2.22. The number of aromatic nitrogens is 3. The van der Waals surface area contributed by atoms with Gasteiger partial charge in [0.2, 0.25) is 11.1 Å². The Morgan fingerprint density at radius 1 is 1.16 bits per heavy atom. The number of amides is 1. The highest BCUT2D eigenvalue weighted by Gasteiger charge is 2.18. The molecule has 25 heavy (non-hydrogen) atoms. The van der Waals surface area contributed by atoms with Crippen molar-refractivity contribution < 1.29 is 9.53 Å². The van der Waals surface area contributed by atoms with Crippen molar-refractivity contribution >= 4 is 23.4 Å². The maximum atomic E-state index is 12.4. The van der Waals surface area contributed by atoms with E-state index in [1.54, 1.807) is 19.2 Å². The molecule has 0 fully saturated rings. The van der Waals surface area contributed by atoms with E-state index in [-0.39, 0.29) is 11.2 Å². The Kier molecular flexibility index (Phi) is 5.35. The number of nitrogens with zero attached hydrogens (tertiary/aromatic N) is 2. The molecule has 0 aliphatic rings. The second kappa shape index (κ2) is 7.85. The molecule has 2 N–H and O–H groups in total. The fraction of sp³-hybridized carbons (Fsp3) is 0.167. The van der Waals surface area contributed by atoms with Crippen LogP contribution in [0.15, 0.2) is 59.8 Å². The number of methoxy groups -OCH3 is 1. The molecule has 7 heteroatoms. The minimum absolute atomic E-state index is 0.138. The van der Waals surface area contributed by atoms with Gasteiger partial charge in [0, 0.05) is 5.56 Å². The lowest BCUT2D eigenvalue weighted by atomic mass is 10.2. The summed E-state index contributed by atoms with van der Waals surface area (Å²) in [5, 5.41) is 10.1. The Morgan fingerprint density at radius 2 is 1.88 bits per heavy atom. The molecule has 128 valence electrons. The smallest absolute Gasteiger partial charge is 0.237 e. The Hall–Kier alpha value is -2.80. The number of H-pyrrole nitrogens is 1. The summed E-state index contributed by atoms with van der Waals surface area (Å²) in [6, 6.07) is 17.0. The third-order valence-corrected chi connectivity index (χ3v) is 4.49. The zero-order chi connectivity index (χ0) is 17.6. The van der Waals surface area contributed by atoms with Gasteiger partial charge in [0.1, 0.15) is 5.75 Å². The Bertz CT molecular complexity index is 851. The van der Waals surface area contributed by atoms with Gasteiger partial charge in [-0.3, -0.25) is 9.89 Å². The average Bonchev–Trinajstić information content (AvgIpc) is 3.11. The predicted octanol–water partition coefficient (Wildman–Crippen LogP) is 3.60. The van der Waals surface area contributed by atoms with Crippen LogP contribution in [-0.2, 0) is 4.79 Å². The summed E-state index contributed by atoms with van der Waals surface area (Å²) in [7, 11) is 1.57. The molecule has 3 rings (SSSR count). The molecule has 1 amide bonds. The number of benzene rings is 2. The van der Waals surface area contributed by atoms with Crippen molar-refractivity contribution in [2.24, 2.45) is 0 Å². The van der Waals surface area contributed by atoms with Crippen molar-refractivity contribution in [1.82, 2.24) is 15.2 Å². The minimum atomic E-state index is -0.357. The monoisotopic (exact) mass is 354 g/mol. The first-order valence-electron chi connectivity index (χ1n) is 7.75. The number of para-hydroxylation sites is 2. The van der Waals surface area contributed by atoms with Gasteiger partial charge in [-0.1, -0.05) is 54.2 Å². The van der Waals surface area contributed by atoms with Crippen LogP contribution >= 0.6 is 11.8 Å². The predicted molar refractivity (Wildman–Crippen MR) is 98.8 cm³/mol. The molecule has 0 saturated heterocycles. The SMILES string of the molecule is COc1ccccc1NC(=O)[C@H](C)Sc1n[nH]c(-c2ccccc2)n1. The molecule has 3 aromatic rings. The van der Waals surface area contributed by atoms with Crippen molar-refractivity contribution in [3.63, 3.8) is 0 Å². The van der Waals surface area contributed by atoms with Gasteiger partial charge in [-0.25, -0.2) is 4.98 Å². The summed E-state index contributed by atoms with van der Waals surface area (Å²) in [6.07, 6.45) is 0. The standard InChI is InChI=1S/C18H18N4O2S/c1-12(17(23)19-14-10-6-7-11-15(14)24-2)25-18-20-16(21-22-18)13-8-4-3-5-9-13/h3-12H,1-2H3,(H,19,23)(H,20,21,22)/t12-/m0/s1. The number of anilines is 1. The molecule has 2 aromatic carbocycles. The van der Waals surface area contributed by atoms with Crippen LogP contribution in [0.1, 0.15) is 6.92 Å². The molecule has 1 heterocycles. The van der Waals surface area contributed by atoms with Gasteiger partial charge in [0.15, 0.2) is 5.82 Å². The van der Waals surface area contributed by atoms with E-state index in [1.807, 2.05) is 49.4 Å². The van der Waals surface area contributed by atoms with Crippen molar-refractivity contribution in [3.8, 4) is 17.1 Å². The fourth-order valence-corrected chi connectivity index (χ4v) is 2.94. The van der Waals surface area contributed by atoms with Gasteiger partial charge in [-0.2, -0.15) is 0 Å². The molecule has 6 nitrogen and oxygen atoms in total. The summed E-state index contributed by atoms with van der Waals surface area (Å²) in [5.41, 5.74) is 1.59. The Balaban J connectivity index is 1.65. The van der Waals surface area contributed by atoms with Crippen LogP contribution in [-0.4, -0.2) is 33.4 Å². The number of thioether (sulfide) groups is 1. The van der Waals surface area contributed by atoms with Gasteiger partial charge in [0.25, 0.3) is 0 Å².